The standard InChI is InChI=1S/C14H26N4O2S/c1-11(2)8-15-9-13-4-6-18(7-5-13)21(19,20)14-10-16-12(3)17-14/h10-11,13,15H,4-9H2,1-3H3,(H,16,17). The summed E-state index contributed by atoms with van der Waals surface area (Å²) in [5.41, 5.74) is 0. The number of piperidine rings is 1. The van der Waals surface area contributed by atoms with Gasteiger partial charge in [0, 0.05) is 13.1 Å². The van der Waals surface area contributed by atoms with Gasteiger partial charge in [0.05, 0.1) is 6.20 Å². The fourth-order valence-corrected chi connectivity index (χ4v) is 4.03. The maximum Gasteiger partial charge on any atom is 0.260 e. The molecule has 0 amide bonds. The van der Waals surface area contributed by atoms with Crippen LogP contribution in [0, 0.1) is 18.8 Å². The third-order valence-corrected chi connectivity index (χ3v) is 5.66. The molecule has 0 atom stereocenters. The molecule has 2 N–H and O–H groups in total. The van der Waals surface area contributed by atoms with Crippen LogP contribution in [0.5, 0.6) is 0 Å². The maximum atomic E-state index is 12.4. The monoisotopic (exact) mass is 314 g/mol. The van der Waals surface area contributed by atoms with Gasteiger partial charge in [0.1, 0.15) is 5.82 Å². The van der Waals surface area contributed by atoms with E-state index in [0.29, 0.717) is 30.7 Å². The first-order chi connectivity index (χ1) is 9.89. The number of nitrogens with one attached hydrogen (secondary N) is 2. The molecule has 120 valence electrons. The summed E-state index contributed by atoms with van der Waals surface area (Å²) in [6.45, 7) is 9.32. The van der Waals surface area contributed by atoms with E-state index < -0.39 is 10.0 Å². The smallest absolute Gasteiger partial charge is 0.260 e. The van der Waals surface area contributed by atoms with Crippen LogP contribution < -0.4 is 5.32 Å². The Bertz CT molecular complexity index is 545. The van der Waals surface area contributed by atoms with E-state index >= 15 is 0 Å². The topological polar surface area (TPSA) is 78.1 Å². The predicted molar refractivity (Wildman–Crippen MR) is 82.5 cm³/mol. The second kappa shape index (κ2) is 6.89. The summed E-state index contributed by atoms with van der Waals surface area (Å²) in [6.07, 6.45) is 3.23. The minimum atomic E-state index is -3.40. The molecule has 0 spiro atoms. The van der Waals surface area contributed by atoms with Gasteiger partial charge >= 0.3 is 0 Å². The van der Waals surface area contributed by atoms with Crippen LogP contribution in [-0.4, -0.2) is 48.9 Å². The molecule has 6 nitrogen and oxygen atoms in total. The Labute approximate surface area is 127 Å². The molecule has 2 heterocycles. The largest absolute Gasteiger partial charge is 0.332 e. The number of aryl methyl sites for hydroxylation is 1. The van der Waals surface area contributed by atoms with Gasteiger partial charge in [-0.3, -0.25) is 0 Å². The molecule has 0 unspecified atom stereocenters. The number of sulfonamides is 1. The van der Waals surface area contributed by atoms with Crippen LogP contribution in [0.1, 0.15) is 32.5 Å². The van der Waals surface area contributed by atoms with Crippen molar-refractivity contribution in [2.75, 3.05) is 26.2 Å². The van der Waals surface area contributed by atoms with Crippen molar-refractivity contribution in [3.63, 3.8) is 0 Å². The average Bonchev–Trinajstić information content (AvgIpc) is 2.86. The lowest BCUT2D eigenvalue weighted by Crippen LogP contribution is -2.41. The van der Waals surface area contributed by atoms with Crippen LogP contribution in [0.25, 0.3) is 0 Å². The summed E-state index contributed by atoms with van der Waals surface area (Å²) in [5, 5.41) is 3.66. The lowest BCUT2D eigenvalue weighted by molar-refractivity contribution is 0.265. The molecule has 0 aromatic carbocycles. The molecular weight excluding hydrogens is 288 g/mol. The highest BCUT2D eigenvalue weighted by Crippen LogP contribution is 2.22. The quantitative estimate of drug-likeness (QED) is 0.831. The molecule has 7 heteroatoms. The molecule has 0 aliphatic carbocycles. The molecule has 0 bridgehead atoms. The van der Waals surface area contributed by atoms with Gasteiger partial charge in [-0.25, -0.2) is 13.4 Å². The van der Waals surface area contributed by atoms with E-state index in [4.69, 9.17) is 0 Å². The first-order valence-electron chi connectivity index (χ1n) is 7.62. The summed E-state index contributed by atoms with van der Waals surface area (Å²) < 4.78 is 26.5. The number of rotatable bonds is 6. The molecule has 0 radical (unpaired) electrons. The van der Waals surface area contributed by atoms with E-state index in [9.17, 15) is 8.42 Å². The Morgan fingerprint density at radius 2 is 2.10 bits per heavy atom. The fraction of sp³-hybridized carbons (Fsp3) is 0.786. The first kappa shape index (κ1) is 16.5. The number of imidazole rings is 1. The van der Waals surface area contributed by atoms with E-state index in [-0.39, 0.29) is 5.03 Å². The van der Waals surface area contributed by atoms with Gasteiger partial charge < -0.3 is 10.3 Å². The van der Waals surface area contributed by atoms with Gasteiger partial charge in [-0.1, -0.05) is 13.8 Å². The maximum absolute atomic E-state index is 12.4. The lowest BCUT2D eigenvalue weighted by atomic mass is 9.98. The zero-order valence-electron chi connectivity index (χ0n) is 13.1. The summed E-state index contributed by atoms with van der Waals surface area (Å²) in [6, 6.07) is 0. The third kappa shape index (κ3) is 4.28. The molecular formula is C14H26N4O2S. The summed E-state index contributed by atoms with van der Waals surface area (Å²) in [5.74, 6) is 1.84. The molecule has 2 rings (SSSR count). The van der Waals surface area contributed by atoms with Gasteiger partial charge in [-0.15, -0.1) is 0 Å². The Kier molecular flexibility index (Phi) is 5.40. The zero-order chi connectivity index (χ0) is 15.5. The molecule has 1 aromatic rings. The molecule has 1 aromatic heterocycles. The van der Waals surface area contributed by atoms with Crippen molar-refractivity contribution < 1.29 is 8.42 Å². The van der Waals surface area contributed by atoms with Crippen LogP contribution in [-0.2, 0) is 10.0 Å². The Morgan fingerprint density at radius 1 is 1.43 bits per heavy atom. The van der Waals surface area contributed by atoms with Crippen LogP contribution >= 0.6 is 0 Å². The van der Waals surface area contributed by atoms with E-state index in [1.807, 2.05) is 0 Å². The number of H-pyrrole nitrogens is 1. The van der Waals surface area contributed by atoms with Crippen molar-refractivity contribution in [3.8, 4) is 0 Å². The highest BCUT2D eigenvalue weighted by atomic mass is 32.2. The minimum absolute atomic E-state index is 0.205. The number of nitrogens with zero attached hydrogens (tertiary/aromatic N) is 2. The van der Waals surface area contributed by atoms with Crippen LogP contribution in [0.2, 0.25) is 0 Å². The van der Waals surface area contributed by atoms with Crippen molar-refractivity contribution in [2.45, 2.75) is 38.6 Å². The summed E-state index contributed by atoms with van der Waals surface area (Å²) in [7, 11) is -3.40. The third-order valence-electron chi connectivity index (χ3n) is 3.86. The number of hydrogen-bond donors (Lipinski definition) is 2. The molecule has 1 aliphatic rings. The first-order valence-corrected chi connectivity index (χ1v) is 9.06. The van der Waals surface area contributed by atoms with E-state index in [2.05, 4.69) is 29.1 Å². The molecule has 1 aliphatic heterocycles. The fourth-order valence-electron chi connectivity index (χ4n) is 2.60. The van der Waals surface area contributed by atoms with Crippen LogP contribution in [0.15, 0.2) is 11.2 Å². The Morgan fingerprint density at radius 3 is 2.62 bits per heavy atom. The van der Waals surface area contributed by atoms with Gasteiger partial charge in [0.25, 0.3) is 10.0 Å². The average molecular weight is 314 g/mol. The molecule has 0 saturated carbocycles. The SMILES string of the molecule is Cc1ncc(S(=O)(=O)N2CCC(CNCC(C)C)CC2)[nH]1. The Hall–Kier alpha value is -0.920. The van der Waals surface area contributed by atoms with Crippen LogP contribution in [0.3, 0.4) is 0 Å². The van der Waals surface area contributed by atoms with E-state index in [1.165, 1.54) is 6.20 Å². The minimum Gasteiger partial charge on any atom is -0.332 e. The zero-order valence-corrected chi connectivity index (χ0v) is 13.9. The summed E-state index contributed by atoms with van der Waals surface area (Å²) >= 11 is 0. The van der Waals surface area contributed by atoms with Gasteiger partial charge in [0.2, 0.25) is 0 Å². The Balaban J connectivity index is 1.86. The van der Waals surface area contributed by atoms with Crippen molar-refractivity contribution in [1.82, 2.24) is 19.6 Å². The number of aromatic nitrogens is 2. The van der Waals surface area contributed by atoms with E-state index in [0.717, 1.165) is 25.9 Å². The second-order valence-electron chi connectivity index (χ2n) is 6.23. The number of aromatic amines is 1. The van der Waals surface area contributed by atoms with Gasteiger partial charge in [-0.2, -0.15) is 4.31 Å². The van der Waals surface area contributed by atoms with Crippen molar-refractivity contribution in [2.24, 2.45) is 11.8 Å². The van der Waals surface area contributed by atoms with Crippen molar-refractivity contribution in [1.29, 1.82) is 0 Å². The van der Waals surface area contributed by atoms with E-state index in [1.54, 1.807) is 11.2 Å². The normalized spacial score (nSPS) is 18.5. The number of hydrogen-bond acceptors (Lipinski definition) is 4. The van der Waals surface area contributed by atoms with Gasteiger partial charge in [0.15, 0.2) is 5.03 Å². The lowest BCUT2D eigenvalue weighted by Gasteiger charge is -2.31. The summed E-state index contributed by atoms with van der Waals surface area (Å²) in [4.78, 5) is 6.80. The van der Waals surface area contributed by atoms with Gasteiger partial charge in [-0.05, 0) is 44.7 Å². The molecule has 21 heavy (non-hydrogen) atoms. The second-order valence-corrected chi connectivity index (χ2v) is 8.14. The highest BCUT2D eigenvalue weighted by Gasteiger charge is 2.30. The highest BCUT2D eigenvalue weighted by molar-refractivity contribution is 7.89. The van der Waals surface area contributed by atoms with Crippen molar-refractivity contribution in [3.05, 3.63) is 12.0 Å². The predicted octanol–water partition coefficient (Wildman–Crippen LogP) is 1.36. The molecule has 1 fully saturated rings. The van der Waals surface area contributed by atoms with Crippen molar-refractivity contribution >= 4 is 10.0 Å². The van der Waals surface area contributed by atoms with Crippen LogP contribution in [0.4, 0.5) is 0 Å². The molecule has 1 saturated heterocycles.